The SMILES string of the molecule is CCOC(=O)Cn1c(=NC(=O)c2ccc(S(=O)(=O)N3CCCCCC3)cc2)sc2cc(C(=O)OCC)ccc21. The molecule has 2 heterocycles. The summed E-state index contributed by atoms with van der Waals surface area (Å²) >= 11 is 1.14. The van der Waals surface area contributed by atoms with E-state index in [1.165, 1.54) is 28.6 Å². The summed E-state index contributed by atoms with van der Waals surface area (Å²) in [4.78, 5) is 42.2. The molecule has 0 atom stereocenters. The Morgan fingerprint density at radius 2 is 1.54 bits per heavy atom. The summed E-state index contributed by atoms with van der Waals surface area (Å²) in [6.07, 6.45) is 3.69. The number of carbonyl (C=O) groups is 3. The van der Waals surface area contributed by atoms with Crippen LogP contribution in [0.25, 0.3) is 10.2 Å². The number of ether oxygens (including phenoxy) is 2. The summed E-state index contributed by atoms with van der Waals surface area (Å²) in [5.74, 6) is -1.57. The van der Waals surface area contributed by atoms with Crippen LogP contribution in [0.2, 0.25) is 0 Å². The number of sulfonamides is 1. The van der Waals surface area contributed by atoms with Gasteiger partial charge in [-0.15, -0.1) is 0 Å². The van der Waals surface area contributed by atoms with Crippen molar-refractivity contribution < 1.29 is 32.3 Å². The van der Waals surface area contributed by atoms with Crippen LogP contribution in [0, 0.1) is 0 Å². The van der Waals surface area contributed by atoms with Crippen molar-refractivity contribution in [2.75, 3.05) is 26.3 Å². The quantitative estimate of drug-likeness (QED) is 0.376. The third kappa shape index (κ3) is 6.63. The van der Waals surface area contributed by atoms with Gasteiger partial charge in [0.2, 0.25) is 10.0 Å². The summed E-state index contributed by atoms with van der Waals surface area (Å²) in [6.45, 7) is 4.65. The molecule has 0 N–H and O–H groups in total. The van der Waals surface area contributed by atoms with E-state index in [4.69, 9.17) is 9.47 Å². The van der Waals surface area contributed by atoms with Gasteiger partial charge in [0.1, 0.15) is 6.54 Å². The van der Waals surface area contributed by atoms with Gasteiger partial charge >= 0.3 is 11.9 Å². The second kappa shape index (κ2) is 12.7. The third-order valence-corrected chi connectivity index (χ3v) is 9.24. The Morgan fingerprint density at radius 1 is 0.897 bits per heavy atom. The van der Waals surface area contributed by atoms with Crippen molar-refractivity contribution in [3.63, 3.8) is 0 Å². The third-order valence-electron chi connectivity index (χ3n) is 6.29. The van der Waals surface area contributed by atoms with E-state index >= 15 is 0 Å². The molecule has 10 nitrogen and oxygen atoms in total. The van der Waals surface area contributed by atoms with Crippen LogP contribution in [0.5, 0.6) is 0 Å². The summed E-state index contributed by atoms with van der Waals surface area (Å²) in [6, 6.07) is 10.6. The van der Waals surface area contributed by atoms with Crippen LogP contribution in [-0.4, -0.2) is 61.4 Å². The second-order valence-corrected chi connectivity index (χ2v) is 11.9. The topological polar surface area (TPSA) is 124 Å². The summed E-state index contributed by atoms with van der Waals surface area (Å²) < 4.78 is 40.0. The number of hydrogen-bond donors (Lipinski definition) is 0. The number of rotatable bonds is 8. The van der Waals surface area contributed by atoms with Gasteiger partial charge in [-0.1, -0.05) is 24.2 Å². The summed E-state index contributed by atoms with van der Waals surface area (Å²) in [5.41, 5.74) is 1.15. The predicted molar refractivity (Wildman–Crippen MR) is 146 cm³/mol. The fourth-order valence-corrected chi connectivity index (χ4v) is 6.92. The molecule has 4 rings (SSSR count). The molecule has 0 unspecified atom stereocenters. The van der Waals surface area contributed by atoms with Crippen LogP contribution in [0.4, 0.5) is 0 Å². The van der Waals surface area contributed by atoms with Gasteiger partial charge in [-0.3, -0.25) is 9.59 Å². The molecular weight excluding hydrogens is 542 g/mol. The minimum Gasteiger partial charge on any atom is -0.465 e. The first-order valence-corrected chi connectivity index (χ1v) is 15.2. The van der Waals surface area contributed by atoms with Crippen LogP contribution < -0.4 is 4.80 Å². The lowest BCUT2D eigenvalue weighted by atomic mass is 10.2. The molecule has 12 heteroatoms. The Hall–Kier alpha value is -3.35. The first-order chi connectivity index (χ1) is 18.7. The van der Waals surface area contributed by atoms with Gasteiger partial charge in [0.05, 0.1) is 33.9 Å². The van der Waals surface area contributed by atoms with Crippen LogP contribution in [0.3, 0.4) is 0 Å². The Bertz CT molecular complexity index is 1530. The molecule has 0 bridgehead atoms. The van der Waals surface area contributed by atoms with E-state index in [1.54, 1.807) is 36.6 Å². The van der Waals surface area contributed by atoms with Crippen molar-refractivity contribution in [2.45, 2.75) is 51.0 Å². The molecule has 1 aromatic heterocycles. The molecule has 1 fully saturated rings. The van der Waals surface area contributed by atoms with Crippen molar-refractivity contribution in [3.05, 3.63) is 58.4 Å². The molecular formula is C27H31N3O7S2. The molecule has 39 heavy (non-hydrogen) atoms. The number of benzene rings is 2. The van der Waals surface area contributed by atoms with Gasteiger partial charge in [-0.2, -0.15) is 9.30 Å². The molecule has 1 aliphatic heterocycles. The largest absolute Gasteiger partial charge is 0.465 e. The zero-order chi connectivity index (χ0) is 28.0. The molecule has 0 saturated carbocycles. The van der Waals surface area contributed by atoms with Crippen molar-refractivity contribution in [1.82, 2.24) is 8.87 Å². The van der Waals surface area contributed by atoms with E-state index in [1.807, 2.05) is 0 Å². The smallest absolute Gasteiger partial charge is 0.338 e. The Labute approximate surface area is 230 Å². The number of thiazole rings is 1. The molecule has 3 aromatic rings. The minimum atomic E-state index is -3.64. The van der Waals surface area contributed by atoms with E-state index in [-0.39, 0.29) is 35.0 Å². The van der Waals surface area contributed by atoms with Gasteiger partial charge < -0.3 is 14.0 Å². The lowest BCUT2D eigenvalue weighted by Crippen LogP contribution is -2.31. The number of carbonyl (C=O) groups excluding carboxylic acids is 3. The molecule has 1 amide bonds. The Kier molecular flexibility index (Phi) is 9.31. The van der Waals surface area contributed by atoms with Gasteiger partial charge in [0, 0.05) is 18.7 Å². The van der Waals surface area contributed by atoms with Crippen LogP contribution in [0.1, 0.15) is 60.2 Å². The number of aromatic nitrogens is 1. The van der Waals surface area contributed by atoms with E-state index in [2.05, 4.69) is 4.99 Å². The highest BCUT2D eigenvalue weighted by Crippen LogP contribution is 2.22. The first-order valence-electron chi connectivity index (χ1n) is 12.9. The zero-order valence-electron chi connectivity index (χ0n) is 21.9. The average molecular weight is 574 g/mol. The van der Waals surface area contributed by atoms with Crippen molar-refractivity contribution in [3.8, 4) is 0 Å². The van der Waals surface area contributed by atoms with Gasteiger partial charge in [-0.05, 0) is 69.2 Å². The summed E-state index contributed by atoms with van der Waals surface area (Å²) in [5, 5.41) is 0. The molecule has 1 saturated heterocycles. The highest BCUT2D eigenvalue weighted by Gasteiger charge is 2.25. The first kappa shape index (κ1) is 28.7. The van der Waals surface area contributed by atoms with E-state index in [0.717, 1.165) is 37.0 Å². The maximum absolute atomic E-state index is 13.1. The number of esters is 2. The van der Waals surface area contributed by atoms with Gasteiger partial charge in [0.25, 0.3) is 5.91 Å². The molecule has 1 aliphatic rings. The maximum Gasteiger partial charge on any atom is 0.338 e. The highest BCUT2D eigenvalue weighted by atomic mass is 32.2. The van der Waals surface area contributed by atoms with Crippen molar-refractivity contribution in [1.29, 1.82) is 0 Å². The Morgan fingerprint density at radius 3 is 2.18 bits per heavy atom. The number of hydrogen-bond acceptors (Lipinski definition) is 8. The maximum atomic E-state index is 13.1. The zero-order valence-corrected chi connectivity index (χ0v) is 23.6. The van der Waals surface area contributed by atoms with Crippen molar-refractivity contribution >= 4 is 49.4 Å². The number of fused-ring (bicyclic) bond motifs is 1. The number of nitrogens with zero attached hydrogens (tertiary/aromatic N) is 3. The fraction of sp³-hybridized carbons (Fsp3) is 0.407. The monoisotopic (exact) mass is 573 g/mol. The average Bonchev–Trinajstić information content (AvgIpc) is 3.08. The van der Waals surface area contributed by atoms with Crippen LogP contribution in [0.15, 0.2) is 52.4 Å². The molecule has 0 aliphatic carbocycles. The van der Waals surface area contributed by atoms with Crippen LogP contribution in [-0.2, 0) is 30.8 Å². The van der Waals surface area contributed by atoms with Crippen LogP contribution >= 0.6 is 11.3 Å². The highest BCUT2D eigenvalue weighted by molar-refractivity contribution is 7.89. The second-order valence-electron chi connectivity index (χ2n) is 8.94. The van der Waals surface area contributed by atoms with Gasteiger partial charge in [0.15, 0.2) is 4.80 Å². The molecule has 0 radical (unpaired) electrons. The fourth-order valence-electron chi connectivity index (χ4n) is 4.34. The lowest BCUT2D eigenvalue weighted by molar-refractivity contribution is -0.143. The Balaban J connectivity index is 1.67. The van der Waals surface area contributed by atoms with Gasteiger partial charge in [-0.25, -0.2) is 13.2 Å². The molecule has 0 spiro atoms. The minimum absolute atomic E-state index is 0.131. The molecule has 208 valence electrons. The van der Waals surface area contributed by atoms with E-state index in [9.17, 15) is 22.8 Å². The normalized spacial score (nSPS) is 15.2. The van der Waals surface area contributed by atoms with E-state index in [0.29, 0.717) is 28.9 Å². The predicted octanol–water partition coefficient (Wildman–Crippen LogP) is 3.75. The lowest BCUT2D eigenvalue weighted by Gasteiger charge is -2.19. The number of amides is 1. The summed E-state index contributed by atoms with van der Waals surface area (Å²) in [7, 11) is -3.64. The van der Waals surface area contributed by atoms with Crippen molar-refractivity contribution in [2.24, 2.45) is 4.99 Å². The standard InChI is InChI=1S/C27H31N3O7S2/c1-3-36-24(31)18-30-22-14-11-20(26(33)37-4-2)17-23(22)38-27(30)28-25(32)19-9-12-21(13-10-19)39(34,35)29-15-7-5-6-8-16-29/h9-14,17H,3-8,15-16,18H2,1-2H3. The molecule has 2 aromatic carbocycles. The van der Waals surface area contributed by atoms with E-state index < -0.39 is 27.9 Å².